The molecule has 8 atom stereocenters. The van der Waals surface area contributed by atoms with E-state index in [1.807, 2.05) is 20.8 Å². The van der Waals surface area contributed by atoms with Gasteiger partial charge in [-0.15, -0.1) is 0 Å². The van der Waals surface area contributed by atoms with Crippen molar-refractivity contribution in [1.82, 2.24) is 0 Å². The van der Waals surface area contributed by atoms with Crippen LogP contribution in [0, 0.1) is 64.6 Å². The molecule has 26 heteroatoms. The Morgan fingerprint density at radius 2 is 0.738 bits per heavy atom. The van der Waals surface area contributed by atoms with Gasteiger partial charge in [0.25, 0.3) is 11.6 Å². The number of aliphatic carboxylic acids is 2. The van der Waals surface area contributed by atoms with Crippen molar-refractivity contribution in [2.75, 3.05) is 27.9 Å². The minimum absolute atomic E-state index is 0.0206. The maximum absolute atomic E-state index is 12.4. The summed E-state index contributed by atoms with van der Waals surface area (Å²) in [7, 11) is 4.38. The predicted octanol–water partition coefficient (Wildman–Crippen LogP) is 13.8. The molecule has 80 heavy (non-hydrogen) atoms. The van der Waals surface area contributed by atoms with E-state index in [9.17, 15) is 81.8 Å². The Kier molecular flexibility index (Phi) is 36.5. The van der Waals surface area contributed by atoms with Crippen LogP contribution in [0.1, 0.15) is 173 Å². The van der Waals surface area contributed by atoms with Crippen LogP contribution in [0.5, 0.6) is 0 Å². The van der Waals surface area contributed by atoms with E-state index in [0.29, 0.717) is 11.8 Å². The van der Waals surface area contributed by atoms with Crippen molar-refractivity contribution in [2.24, 2.45) is 64.6 Å². The molecule has 0 heterocycles. The van der Waals surface area contributed by atoms with E-state index in [1.54, 1.807) is 7.11 Å². The van der Waals surface area contributed by atoms with Gasteiger partial charge in [-0.25, -0.2) is 0 Å². The Morgan fingerprint density at radius 1 is 0.475 bits per heavy atom. The molecule has 0 amide bonds. The topological polar surface area (TPSA) is 209 Å². The summed E-state index contributed by atoms with van der Waals surface area (Å²) in [6.07, 6.45) is -6.17. The number of carboxylic acids is 2. The highest BCUT2D eigenvalue weighted by Crippen LogP contribution is 2.54. The van der Waals surface area contributed by atoms with Crippen LogP contribution in [0.4, 0.5) is 52.7 Å². The zero-order valence-electron chi connectivity index (χ0n) is 48.9. The molecule has 6 rings (SSSR count). The molecule has 8 unspecified atom stereocenters. The molecule has 6 saturated carbocycles. The summed E-state index contributed by atoms with van der Waals surface area (Å²) in [5.41, 5.74) is -8.25. The van der Waals surface area contributed by atoms with Crippen LogP contribution in [0.2, 0.25) is 0 Å². The lowest BCUT2D eigenvalue weighted by atomic mass is 9.79. The maximum Gasteiger partial charge on any atom is 0.425 e. The van der Waals surface area contributed by atoms with E-state index in [0.717, 1.165) is 89.1 Å². The summed E-state index contributed by atoms with van der Waals surface area (Å²) in [5.74, 6) is 1.11. The molecule has 474 valence electrons. The third-order valence-corrected chi connectivity index (χ3v) is 15.0. The number of alkyl halides is 12. The van der Waals surface area contributed by atoms with E-state index >= 15 is 0 Å². The molecule has 0 aromatic heterocycles. The normalized spacial score (nSPS) is 27.3. The number of carboxylic acid groups (broad SMARTS) is 2. The van der Waals surface area contributed by atoms with Crippen molar-refractivity contribution in [2.45, 2.75) is 215 Å². The number of methoxy groups -OCH3 is 3. The Labute approximate surface area is 463 Å². The van der Waals surface area contributed by atoms with Gasteiger partial charge in [-0.05, 0) is 159 Å². The lowest BCUT2D eigenvalue weighted by molar-refractivity contribution is -0.360. The Balaban J connectivity index is -0.000000907. The zero-order chi connectivity index (χ0) is 63.5. The minimum atomic E-state index is -5.69. The van der Waals surface area contributed by atoms with Crippen molar-refractivity contribution in [1.29, 1.82) is 0 Å². The van der Waals surface area contributed by atoms with Gasteiger partial charge in [-0.3, -0.25) is 28.8 Å². The summed E-state index contributed by atoms with van der Waals surface area (Å²) in [6.45, 7) is 17.2. The molecular weight excluding hydrogens is 1100 g/mol. The van der Waals surface area contributed by atoms with Crippen LogP contribution >= 0.6 is 0 Å². The van der Waals surface area contributed by atoms with Gasteiger partial charge in [-0.2, -0.15) is 52.7 Å². The molecule has 3 N–H and O–H groups in total. The largest absolute Gasteiger partial charge is 0.481 e. The second-order valence-electron chi connectivity index (χ2n) is 21.3. The van der Waals surface area contributed by atoms with Crippen LogP contribution in [-0.2, 0) is 52.5 Å². The first-order chi connectivity index (χ1) is 36.4. The molecule has 0 spiro atoms. The lowest BCUT2D eigenvalue weighted by Gasteiger charge is -2.31. The molecular formula is C54H90F12O14. The van der Waals surface area contributed by atoms with Gasteiger partial charge >= 0.3 is 54.6 Å². The summed E-state index contributed by atoms with van der Waals surface area (Å²) in [5, 5.41) is 24.7. The fourth-order valence-electron chi connectivity index (χ4n) is 9.47. The quantitative estimate of drug-likeness (QED) is 0.128. The number of halogens is 12. The number of hydrogen-bond acceptors (Lipinski definition) is 12. The van der Waals surface area contributed by atoms with Gasteiger partial charge in [0.05, 0.1) is 32.0 Å². The number of aliphatic hydroxyl groups is 1. The number of carbonyl (C=O) groups is 6. The first-order valence-electron chi connectivity index (χ1n) is 26.8. The average Bonchev–Trinajstić information content (AvgIpc) is 4.16. The van der Waals surface area contributed by atoms with Gasteiger partial charge in [0.2, 0.25) is 0 Å². The third-order valence-electron chi connectivity index (χ3n) is 15.0. The van der Waals surface area contributed by atoms with Gasteiger partial charge in [0.1, 0.15) is 12.2 Å². The van der Waals surface area contributed by atoms with Gasteiger partial charge in [-0.1, -0.05) is 34.6 Å². The van der Waals surface area contributed by atoms with Gasteiger partial charge in [0, 0.05) is 34.5 Å². The number of ether oxygens (including phenoxy) is 5. The van der Waals surface area contributed by atoms with E-state index in [2.05, 4.69) is 35.0 Å². The second-order valence-corrected chi connectivity index (χ2v) is 21.3. The van der Waals surface area contributed by atoms with Crippen molar-refractivity contribution >= 4 is 35.8 Å². The fourth-order valence-corrected chi connectivity index (χ4v) is 9.47. The first kappa shape index (κ1) is 80.1. The predicted molar refractivity (Wildman–Crippen MR) is 270 cm³/mol. The van der Waals surface area contributed by atoms with Crippen molar-refractivity contribution in [3.63, 3.8) is 0 Å². The van der Waals surface area contributed by atoms with Crippen molar-refractivity contribution < 1.29 is 120 Å². The van der Waals surface area contributed by atoms with Crippen LogP contribution in [0.3, 0.4) is 0 Å². The molecule has 0 aromatic rings. The van der Waals surface area contributed by atoms with Gasteiger partial charge < -0.3 is 39.0 Å². The molecule has 0 aliphatic heterocycles. The van der Waals surface area contributed by atoms with E-state index in [-0.39, 0.29) is 80.5 Å². The van der Waals surface area contributed by atoms with E-state index in [4.69, 9.17) is 24.5 Å². The SMILES string of the molecule is CC.CC(=O)O.CC(C)(C(F)(F)F)C(F)(F)F.CC(O)(C(F)(F)F)C(F)(F)F.CC1CCC(OC(=O)C2C3CCC(C3)C2C(=O)O)CC1.CC1CCC(OC(=O)C2C3CCC(C3)C2C)CC1.CCOC.COC(C)=O.COC(C)=O. The zero-order valence-corrected chi connectivity index (χ0v) is 48.9. The standard InChI is InChI=1S/C16H24O4.C16H26O2.C5H6F6.C4H4F6O.2C3H6O2.C3H8O.C2H4O2.C2H6/c1-9-2-6-12(7-3-9)20-16(19)14-11-5-4-10(8-11)13(14)15(17)18;1-10-3-7-14(8-4-10)18-16(17)15-11(2)12-5-6-13(15)9-12;1-3(2,4(6,7)8)5(9,10)11;1-2(11,3(5,6)7)4(8,9)10;2*1-3(4)5-2;1-3-4-2;1-2(3)4;1-2/h9-14H,2-8H2,1H3,(H,17,18);10-15H,3-9H2,1-2H3;1-2H3;11H,1H3;2*1-2H3;3H2,1-2H3;1H3,(H,3,4);1-2H3. The van der Waals surface area contributed by atoms with Crippen molar-refractivity contribution in [3.8, 4) is 0 Å². The first-order valence-corrected chi connectivity index (χ1v) is 26.8. The minimum Gasteiger partial charge on any atom is -0.481 e. The maximum atomic E-state index is 12.4. The highest BCUT2D eigenvalue weighted by molar-refractivity contribution is 5.83. The number of esters is 4. The number of rotatable bonds is 6. The number of fused-ring (bicyclic) bond motifs is 4. The fraction of sp³-hybridized carbons (Fsp3) is 0.889. The Bertz CT molecular complexity index is 1710. The van der Waals surface area contributed by atoms with E-state index in [1.165, 1.54) is 60.2 Å². The highest BCUT2D eigenvalue weighted by Gasteiger charge is 2.67. The smallest absolute Gasteiger partial charge is 0.425 e. The Morgan fingerprint density at radius 3 is 0.950 bits per heavy atom. The summed E-state index contributed by atoms with van der Waals surface area (Å²) in [4.78, 5) is 64.4. The van der Waals surface area contributed by atoms with Crippen LogP contribution in [-0.4, -0.2) is 122 Å². The van der Waals surface area contributed by atoms with E-state index < -0.39 is 53.6 Å². The molecule has 0 saturated heterocycles. The van der Waals surface area contributed by atoms with Crippen LogP contribution in [0.15, 0.2) is 0 Å². The van der Waals surface area contributed by atoms with Gasteiger partial charge in [0.15, 0.2) is 5.41 Å². The number of hydrogen-bond donors (Lipinski definition) is 3. The van der Waals surface area contributed by atoms with Crippen LogP contribution in [0.25, 0.3) is 0 Å². The lowest BCUT2D eigenvalue weighted by Crippen LogP contribution is -2.54. The number of carbonyl (C=O) groups excluding carboxylic acids is 4. The molecule has 6 fully saturated rings. The molecule has 6 aliphatic carbocycles. The third kappa shape index (κ3) is 27.8. The highest BCUT2D eigenvalue weighted by atomic mass is 19.4. The summed E-state index contributed by atoms with van der Waals surface area (Å²) >= 11 is 0. The molecule has 4 bridgehead atoms. The molecule has 0 aromatic carbocycles. The summed E-state index contributed by atoms with van der Waals surface area (Å²) in [6, 6.07) is 0. The van der Waals surface area contributed by atoms with Crippen molar-refractivity contribution in [3.05, 3.63) is 0 Å². The second kappa shape index (κ2) is 36.5. The average molecular weight is 1190 g/mol. The monoisotopic (exact) mass is 1190 g/mol. The molecule has 0 radical (unpaired) electrons. The molecule has 6 aliphatic rings. The Hall–Kier alpha value is -4.10. The summed E-state index contributed by atoms with van der Waals surface area (Å²) < 4.78 is 162. The van der Waals surface area contributed by atoms with Crippen LogP contribution < -0.4 is 0 Å². The molecule has 14 nitrogen and oxygen atoms in total.